The van der Waals surface area contributed by atoms with Gasteiger partial charge in [-0.25, -0.2) is 0 Å². The number of nitro benzene ring substituents is 1. The maximum absolute atomic E-state index is 12.9. The molecule has 0 saturated heterocycles. The Morgan fingerprint density at radius 3 is 2.45 bits per heavy atom. The van der Waals surface area contributed by atoms with Crippen molar-refractivity contribution in [1.82, 2.24) is 0 Å². The van der Waals surface area contributed by atoms with Crippen LogP contribution in [0.5, 0.6) is 0 Å². The van der Waals surface area contributed by atoms with E-state index in [-0.39, 0.29) is 34.5 Å². The summed E-state index contributed by atoms with van der Waals surface area (Å²) >= 11 is 0. The largest absolute Gasteiger partial charge is 0.466 e. The Morgan fingerprint density at radius 1 is 1.10 bits per heavy atom. The second-order valence-electron chi connectivity index (χ2n) is 7.72. The summed E-state index contributed by atoms with van der Waals surface area (Å²) in [6.07, 6.45) is 1.20. The van der Waals surface area contributed by atoms with E-state index < -0.39 is 33.9 Å². The number of ether oxygens (including phenoxy) is 1. The first kappa shape index (κ1) is 20.6. The number of benzene rings is 2. The van der Waals surface area contributed by atoms with Gasteiger partial charge in [0.2, 0.25) is 0 Å². The van der Waals surface area contributed by atoms with Crippen LogP contribution in [0, 0.1) is 22.0 Å². The van der Waals surface area contributed by atoms with Crippen LogP contribution in [0.2, 0.25) is 0 Å². The van der Waals surface area contributed by atoms with Crippen molar-refractivity contribution in [1.29, 1.82) is 0 Å². The molecule has 2 aromatic rings. The summed E-state index contributed by atoms with van der Waals surface area (Å²) in [6, 6.07) is 10.4. The Labute approximate surface area is 177 Å². The number of nitro groups is 1. The van der Waals surface area contributed by atoms with Gasteiger partial charge in [-0.3, -0.25) is 29.3 Å². The Kier molecular flexibility index (Phi) is 5.22. The molecular formula is C23H19NO7. The fraction of sp³-hybridized carbons (Fsp3) is 0.304. The van der Waals surface area contributed by atoms with Crippen LogP contribution < -0.4 is 0 Å². The van der Waals surface area contributed by atoms with Crippen molar-refractivity contribution in [3.05, 3.63) is 74.8 Å². The second kappa shape index (κ2) is 7.86. The number of ketones is 3. The summed E-state index contributed by atoms with van der Waals surface area (Å²) in [4.78, 5) is 60.4. The molecule has 8 heteroatoms. The quantitative estimate of drug-likeness (QED) is 0.220. The Hall–Kier alpha value is -3.68. The first-order chi connectivity index (χ1) is 14.8. The van der Waals surface area contributed by atoms with Crippen LogP contribution in [0.4, 0.5) is 5.69 Å². The number of hydrogen-bond acceptors (Lipinski definition) is 7. The molecule has 2 aliphatic carbocycles. The SMILES string of the molecule is CCOC(=O)CC1CC1c1ccc(C(=O)C2C(=O)c3cccc([N+](=O)[O-])c3C2=O)cc1. The number of Topliss-reactive ketones (excluding diaryl/α,β-unsaturated/α-hetero) is 3. The van der Waals surface area contributed by atoms with Crippen LogP contribution in [-0.4, -0.2) is 34.8 Å². The van der Waals surface area contributed by atoms with Gasteiger partial charge in [-0.1, -0.05) is 36.4 Å². The fourth-order valence-corrected chi connectivity index (χ4v) is 4.19. The molecule has 2 aliphatic rings. The lowest BCUT2D eigenvalue weighted by atomic mass is 9.92. The topological polar surface area (TPSA) is 121 Å². The van der Waals surface area contributed by atoms with Crippen LogP contribution in [0.3, 0.4) is 0 Å². The van der Waals surface area contributed by atoms with E-state index in [0.29, 0.717) is 13.0 Å². The number of fused-ring (bicyclic) bond motifs is 1. The van der Waals surface area contributed by atoms with Crippen molar-refractivity contribution < 1.29 is 28.8 Å². The van der Waals surface area contributed by atoms with E-state index >= 15 is 0 Å². The van der Waals surface area contributed by atoms with Gasteiger partial charge in [0.05, 0.1) is 11.5 Å². The first-order valence-electron chi connectivity index (χ1n) is 9.99. The highest BCUT2D eigenvalue weighted by atomic mass is 16.6. The average molecular weight is 421 g/mol. The van der Waals surface area contributed by atoms with Gasteiger partial charge >= 0.3 is 5.97 Å². The Bertz CT molecular complexity index is 1120. The van der Waals surface area contributed by atoms with E-state index in [9.17, 15) is 29.3 Å². The molecule has 1 saturated carbocycles. The minimum atomic E-state index is -1.60. The Balaban J connectivity index is 1.50. The highest BCUT2D eigenvalue weighted by Gasteiger charge is 2.47. The molecule has 31 heavy (non-hydrogen) atoms. The predicted octanol–water partition coefficient (Wildman–Crippen LogP) is 3.53. The molecule has 8 nitrogen and oxygen atoms in total. The number of carbonyl (C=O) groups excluding carboxylic acids is 4. The lowest BCUT2D eigenvalue weighted by Gasteiger charge is -2.07. The molecule has 0 spiro atoms. The van der Waals surface area contributed by atoms with Gasteiger partial charge in [0.15, 0.2) is 17.3 Å². The molecule has 0 bridgehead atoms. The van der Waals surface area contributed by atoms with Gasteiger partial charge in [-0.2, -0.15) is 0 Å². The van der Waals surface area contributed by atoms with Gasteiger partial charge in [0, 0.05) is 23.6 Å². The zero-order valence-corrected chi connectivity index (χ0v) is 16.7. The summed E-state index contributed by atoms with van der Waals surface area (Å²) in [5.74, 6) is -3.64. The molecule has 0 amide bonds. The fourth-order valence-electron chi connectivity index (χ4n) is 4.19. The number of hydrogen-bond donors (Lipinski definition) is 0. The molecule has 0 heterocycles. The molecule has 0 aliphatic heterocycles. The third kappa shape index (κ3) is 3.65. The van der Waals surface area contributed by atoms with Crippen molar-refractivity contribution in [3.63, 3.8) is 0 Å². The van der Waals surface area contributed by atoms with Crippen molar-refractivity contribution in [2.45, 2.75) is 25.7 Å². The van der Waals surface area contributed by atoms with Crippen LogP contribution in [0.1, 0.15) is 62.3 Å². The standard InChI is InChI=1S/C23H19NO7/c1-2-31-18(25)11-14-10-16(14)12-6-8-13(9-7-12)21(26)20-22(27)15-4-3-5-17(24(29)30)19(15)23(20)28/h3-9,14,16,20H,2,10-11H2,1H3. The number of esters is 1. The molecule has 2 aromatic carbocycles. The average Bonchev–Trinajstić information content (AvgIpc) is 3.46. The highest BCUT2D eigenvalue weighted by molar-refractivity contribution is 6.38. The van der Waals surface area contributed by atoms with Crippen molar-refractivity contribution in [2.75, 3.05) is 6.61 Å². The normalized spacial score (nSPS) is 21.5. The lowest BCUT2D eigenvalue weighted by molar-refractivity contribution is -0.385. The maximum Gasteiger partial charge on any atom is 0.306 e. The molecule has 4 rings (SSSR count). The van der Waals surface area contributed by atoms with E-state index in [4.69, 9.17) is 4.74 Å². The van der Waals surface area contributed by atoms with Crippen LogP contribution in [-0.2, 0) is 9.53 Å². The van der Waals surface area contributed by atoms with E-state index in [1.807, 2.05) is 0 Å². The molecular weight excluding hydrogens is 402 g/mol. The smallest absolute Gasteiger partial charge is 0.306 e. The van der Waals surface area contributed by atoms with Crippen molar-refractivity contribution >= 4 is 29.0 Å². The maximum atomic E-state index is 12.9. The van der Waals surface area contributed by atoms with E-state index in [0.717, 1.165) is 18.1 Å². The van der Waals surface area contributed by atoms with E-state index in [2.05, 4.69) is 0 Å². The molecule has 0 aromatic heterocycles. The first-order valence-corrected chi connectivity index (χ1v) is 9.99. The summed E-state index contributed by atoms with van der Waals surface area (Å²) in [5.41, 5.74) is 0.298. The van der Waals surface area contributed by atoms with E-state index in [1.54, 1.807) is 31.2 Å². The third-order valence-electron chi connectivity index (χ3n) is 5.82. The third-order valence-corrected chi connectivity index (χ3v) is 5.82. The number of carbonyl (C=O) groups is 4. The van der Waals surface area contributed by atoms with Gasteiger partial charge in [-0.05, 0) is 30.7 Å². The van der Waals surface area contributed by atoms with Gasteiger partial charge in [-0.15, -0.1) is 0 Å². The van der Waals surface area contributed by atoms with Gasteiger partial charge < -0.3 is 4.74 Å². The molecule has 1 fully saturated rings. The summed E-state index contributed by atoms with van der Waals surface area (Å²) < 4.78 is 4.96. The molecule has 158 valence electrons. The minimum Gasteiger partial charge on any atom is -0.466 e. The zero-order valence-electron chi connectivity index (χ0n) is 16.7. The van der Waals surface area contributed by atoms with Gasteiger partial charge in [0.25, 0.3) is 5.69 Å². The lowest BCUT2D eigenvalue weighted by Crippen LogP contribution is -2.25. The highest BCUT2D eigenvalue weighted by Crippen LogP contribution is 2.49. The molecule has 3 atom stereocenters. The minimum absolute atomic E-state index is 0.0889. The Morgan fingerprint density at radius 2 is 1.81 bits per heavy atom. The van der Waals surface area contributed by atoms with Crippen LogP contribution in [0.25, 0.3) is 0 Å². The van der Waals surface area contributed by atoms with Gasteiger partial charge in [0.1, 0.15) is 11.5 Å². The molecule has 3 unspecified atom stereocenters. The van der Waals surface area contributed by atoms with Crippen molar-refractivity contribution in [3.8, 4) is 0 Å². The summed E-state index contributed by atoms with van der Waals surface area (Å²) in [5, 5.41) is 11.2. The summed E-state index contributed by atoms with van der Waals surface area (Å²) in [6.45, 7) is 2.10. The molecule has 0 radical (unpaired) electrons. The molecule has 0 N–H and O–H groups in total. The summed E-state index contributed by atoms with van der Waals surface area (Å²) in [7, 11) is 0. The van der Waals surface area contributed by atoms with Crippen LogP contribution in [0.15, 0.2) is 42.5 Å². The number of nitrogens with zero attached hydrogens (tertiary/aromatic N) is 1. The van der Waals surface area contributed by atoms with Crippen LogP contribution >= 0.6 is 0 Å². The van der Waals surface area contributed by atoms with E-state index in [1.165, 1.54) is 12.1 Å². The monoisotopic (exact) mass is 421 g/mol. The number of rotatable bonds is 7. The van der Waals surface area contributed by atoms with Crippen molar-refractivity contribution in [2.24, 2.45) is 11.8 Å². The second-order valence-corrected chi connectivity index (χ2v) is 7.72. The zero-order chi connectivity index (χ0) is 22.3. The predicted molar refractivity (Wildman–Crippen MR) is 108 cm³/mol.